The van der Waals surface area contributed by atoms with E-state index in [1.807, 2.05) is 13.0 Å². The van der Waals surface area contributed by atoms with Gasteiger partial charge in [0.05, 0.1) is 0 Å². The number of carbonyl (C=O) groups excluding carboxylic acids is 1. The van der Waals surface area contributed by atoms with Gasteiger partial charge >= 0.3 is 0 Å². The maximum absolute atomic E-state index is 11.0. The predicted molar refractivity (Wildman–Crippen MR) is 44.5 cm³/mol. The highest BCUT2D eigenvalue weighted by atomic mass is 16.1. The van der Waals surface area contributed by atoms with Crippen molar-refractivity contribution in [3.8, 4) is 0 Å². The molecule has 0 N–H and O–H groups in total. The van der Waals surface area contributed by atoms with Crippen molar-refractivity contribution in [1.29, 1.82) is 0 Å². The second-order valence-electron chi connectivity index (χ2n) is 2.35. The van der Waals surface area contributed by atoms with Crippen molar-refractivity contribution in [1.82, 2.24) is 0 Å². The molecule has 0 amide bonds. The van der Waals surface area contributed by atoms with Crippen LogP contribution in [0.5, 0.6) is 0 Å². The van der Waals surface area contributed by atoms with Crippen LogP contribution in [-0.2, 0) is 0 Å². The molecule has 0 atom stereocenters. The zero-order valence-electron chi connectivity index (χ0n) is 6.42. The van der Waals surface area contributed by atoms with Crippen LogP contribution in [0, 0.1) is 13.0 Å². The molecule has 1 nitrogen and oxygen atoms in total. The Kier molecular flexibility index (Phi) is 2.21. The average molecular weight is 145 g/mol. The molecular formula is C10H9O. The first-order valence-electron chi connectivity index (χ1n) is 3.39. The lowest BCUT2D eigenvalue weighted by molar-refractivity contribution is 0.104. The van der Waals surface area contributed by atoms with E-state index >= 15 is 0 Å². The third-order valence-electron chi connectivity index (χ3n) is 1.41. The highest BCUT2D eigenvalue weighted by Gasteiger charge is 1.99. The fourth-order valence-corrected chi connectivity index (χ4v) is 0.833. The number of allylic oxidation sites excluding steroid dienone is 1. The predicted octanol–water partition coefficient (Wildman–Crippen LogP) is 2.16. The molecule has 0 unspecified atom stereocenters. The molecule has 0 heterocycles. The molecule has 0 aromatic heterocycles. The summed E-state index contributed by atoms with van der Waals surface area (Å²) in [5.74, 6) is -0.0753. The molecule has 11 heavy (non-hydrogen) atoms. The third-order valence-corrected chi connectivity index (χ3v) is 1.41. The molecule has 0 aliphatic carbocycles. The van der Waals surface area contributed by atoms with Gasteiger partial charge in [-0.1, -0.05) is 24.3 Å². The van der Waals surface area contributed by atoms with Crippen molar-refractivity contribution in [2.24, 2.45) is 0 Å². The van der Waals surface area contributed by atoms with Crippen molar-refractivity contribution in [2.45, 2.75) is 6.92 Å². The number of carbonyl (C=O) groups is 1. The Morgan fingerprint density at radius 2 is 2.45 bits per heavy atom. The van der Waals surface area contributed by atoms with Gasteiger partial charge in [-0.3, -0.25) is 4.79 Å². The van der Waals surface area contributed by atoms with Gasteiger partial charge in [0.1, 0.15) is 0 Å². The summed E-state index contributed by atoms with van der Waals surface area (Å²) in [6, 6.07) is 8.28. The van der Waals surface area contributed by atoms with Crippen LogP contribution in [0.3, 0.4) is 0 Å². The first-order valence-corrected chi connectivity index (χ1v) is 3.39. The lowest BCUT2D eigenvalue weighted by Crippen LogP contribution is -1.93. The first kappa shape index (κ1) is 7.73. The molecule has 0 aliphatic rings. The molecule has 0 bridgehead atoms. The van der Waals surface area contributed by atoms with Crippen molar-refractivity contribution >= 4 is 5.78 Å². The third kappa shape index (κ3) is 1.77. The molecule has 0 fully saturated rings. The van der Waals surface area contributed by atoms with Crippen LogP contribution in [-0.4, -0.2) is 5.78 Å². The number of benzene rings is 1. The summed E-state index contributed by atoms with van der Waals surface area (Å²) < 4.78 is 0. The minimum atomic E-state index is -0.0753. The minimum Gasteiger partial charge on any atom is -0.289 e. The lowest BCUT2D eigenvalue weighted by atomic mass is 10.1. The number of rotatable bonds is 2. The zero-order valence-corrected chi connectivity index (χ0v) is 6.42. The molecule has 1 radical (unpaired) electrons. The summed E-state index contributed by atoms with van der Waals surface area (Å²) in [6.07, 6.45) is 1.30. The molecule has 0 spiro atoms. The van der Waals surface area contributed by atoms with E-state index in [2.05, 4.69) is 12.6 Å². The SMILES string of the molecule is C=CC(=O)c1[c]ccc(C)c1. The molecular weight excluding hydrogens is 136 g/mol. The first-order chi connectivity index (χ1) is 5.24. The van der Waals surface area contributed by atoms with Gasteiger partial charge in [-0.2, -0.15) is 0 Å². The van der Waals surface area contributed by atoms with Gasteiger partial charge in [-0.15, -0.1) is 0 Å². The number of aryl methyl sites for hydroxylation is 1. The number of ketones is 1. The van der Waals surface area contributed by atoms with Gasteiger partial charge in [0.25, 0.3) is 0 Å². The van der Waals surface area contributed by atoms with E-state index in [0.29, 0.717) is 5.56 Å². The zero-order chi connectivity index (χ0) is 8.27. The van der Waals surface area contributed by atoms with E-state index in [4.69, 9.17) is 0 Å². The molecule has 1 aromatic rings. The monoisotopic (exact) mass is 145 g/mol. The van der Waals surface area contributed by atoms with Crippen LogP contribution in [0.15, 0.2) is 30.9 Å². The Hall–Kier alpha value is -1.37. The van der Waals surface area contributed by atoms with E-state index in [-0.39, 0.29) is 5.78 Å². The van der Waals surface area contributed by atoms with Crippen molar-refractivity contribution in [3.05, 3.63) is 48.0 Å². The lowest BCUT2D eigenvalue weighted by Gasteiger charge is -1.94. The summed E-state index contributed by atoms with van der Waals surface area (Å²) in [4.78, 5) is 11.0. The molecule has 1 heteroatoms. The van der Waals surface area contributed by atoms with Gasteiger partial charge in [-0.05, 0) is 25.1 Å². The van der Waals surface area contributed by atoms with Crippen LogP contribution in [0.25, 0.3) is 0 Å². The Morgan fingerprint density at radius 3 is 3.00 bits per heavy atom. The van der Waals surface area contributed by atoms with Crippen LogP contribution in [0.4, 0.5) is 0 Å². The Labute approximate surface area is 66.4 Å². The molecule has 1 rings (SSSR count). The van der Waals surface area contributed by atoms with Crippen molar-refractivity contribution in [2.75, 3.05) is 0 Å². The highest BCUT2D eigenvalue weighted by molar-refractivity contribution is 6.03. The largest absolute Gasteiger partial charge is 0.289 e. The number of hydrogen-bond donors (Lipinski definition) is 0. The van der Waals surface area contributed by atoms with Crippen LogP contribution >= 0.6 is 0 Å². The second kappa shape index (κ2) is 3.15. The van der Waals surface area contributed by atoms with Crippen LogP contribution < -0.4 is 0 Å². The fraction of sp³-hybridized carbons (Fsp3) is 0.100. The Morgan fingerprint density at radius 1 is 1.73 bits per heavy atom. The summed E-state index contributed by atoms with van der Waals surface area (Å²) >= 11 is 0. The van der Waals surface area contributed by atoms with Crippen LogP contribution in [0.1, 0.15) is 15.9 Å². The van der Waals surface area contributed by atoms with Gasteiger partial charge < -0.3 is 0 Å². The average Bonchev–Trinajstić information content (AvgIpc) is 2.03. The highest BCUT2D eigenvalue weighted by Crippen LogP contribution is 2.03. The van der Waals surface area contributed by atoms with Crippen LogP contribution in [0.2, 0.25) is 0 Å². The maximum Gasteiger partial charge on any atom is 0.185 e. The summed E-state index contributed by atoms with van der Waals surface area (Å²) in [5, 5.41) is 0. The van der Waals surface area contributed by atoms with Crippen molar-refractivity contribution < 1.29 is 4.79 Å². The molecule has 0 saturated carbocycles. The fourth-order valence-electron chi connectivity index (χ4n) is 0.833. The van der Waals surface area contributed by atoms with Gasteiger partial charge in [0, 0.05) is 5.56 Å². The van der Waals surface area contributed by atoms with Gasteiger partial charge in [0.2, 0.25) is 0 Å². The second-order valence-corrected chi connectivity index (χ2v) is 2.35. The van der Waals surface area contributed by atoms with Crippen molar-refractivity contribution in [3.63, 3.8) is 0 Å². The van der Waals surface area contributed by atoms with Gasteiger partial charge in [-0.25, -0.2) is 0 Å². The topological polar surface area (TPSA) is 17.1 Å². The molecule has 1 aromatic carbocycles. The summed E-state index contributed by atoms with van der Waals surface area (Å²) in [6.45, 7) is 5.34. The van der Waals surface area contributed by atoms with E-state index in [1.165, 1.54) is 6.08 Å². The normalized spacial score (nSPS) is 9.18. The van der Waals surface area contributed by atoms with Gasteiger partial charge in [0.15, 0.2) is 5.78 Å². The maximum atomic E-state index is 11.0. The molecule has 0 saturated heterocycles. The minimum absolute atomic E-state index is 0.0753. The Bertz CT molecular complexity index is 287. The summed E-state index contributed by atoms with van der Waals surface area (Å²) in [5.41, 5.74) is 1.65. The number of hydrogen-bond acceptors (Lipinski definition) is 1. The van der Waals surface area contributed by atoms with E-state index in [9.17, 15) is 4.79 Å². The molecule has 0 aliphatic heterocycles. The Balaban J connectivity index is 3.05. The standard InChI is InChI=1S/C10H9O/c1-3-10(11)9-6-4-5-8(2)7-9/h3-5,7H,1H2,2H3. The summed E-state index contributed by atoms with van der Waals surface area (Å²) in [7, 11) is 0. The molecule has 55 valence electrons. The van der Waals surface area contributed by atoms with E-state index in [1.54, 1.807) is 12.1 Å². The quantitative estimate of drug-likeness (QED) is 0.460. The smallest absolute Gasteiger partial charge is 0.185 e. The van der Waals surface area contributed by atoms with E-state index in [0.717, 1.165) is 5.56 Å². The van der Waals surface area contributed by atoms with E-state index < -0.39 is 0 Å².